The summed E-state index contributed by atoms with van der Waals surface area (Å²) < 4.78 is 0.0741. The van der Waals surface area contributed by atoms with Gasteiger partial charge in [-0.1, -0.05) is 13.8 Å². The molecule has 0 atom stereocenters. The van der Waals surface area contributed by atoms with Crippen molar-refractivity contribution in [2.75, 3.05) is 0 Å². The maximum absolute atomic E-state index is 10.4. The normalized spacial score (nSPS) is 9.62. The predicted octanol–water partition coefficient (Wildman–Crippen LogP) is 1.01. The number of rotatable bonds is 1. The van der Waals surface area contributed by atoms with Gasteiger partial charge in [0.15, 0.2) is 0 Å². The molecule has 1 amide bonds. The smallest absolute Gasteiger partial charge is 0.264 e. The Balaban J connectivity index is 3.65. The van der Waals surface area contributed by atoms with Crippen LogP contribution in [0.5, 0.6) is 0 Å². The molecule has 4 heteroatoms. The van der Waals surface area contributed by atoms with Gasteiger partial charge in [0.25, 0.3) is 5.91 Å². The minimum Gasteiger partial charge on any atom is -0.271 e. The SMILES string of the molecule is CC(C)C(=O)N(O)Cl. The summed E-state index contributed by atoms with van der Waals surface area (Å²) in [5.41, 5.74) is 0. The molecule has 0 aliphatic rings. The van der Waals surface area contributed by atoms with Crippen molar-refractivity contribution in [1.82, 2.24) is 4.58 Å². The van der Waals surface area contributed by atoms with Crippen LogP contribution >= 0.6 is 11.8 Å². The quantitative estimate of drug-likeness (QED) is 0.333. The summed E-state index contributed by atoms with van der Waals surface area (Å²) in [5, 5.41) is 8.24. The number of amides is 1. The first-order chi connectivity index (χ1) is 3.55. The molecular formula is C4H8ClNO2. The van der Waals surface area contributed by atoms with Crippen molar-refractivity contribution in [2.24, 2.45) is 5.92 Å². The molecule has 0 aliphatic carbocycles. The fourth-order valence-corrected chi connectivity index (χ4v) is 0.408. The molecule has 0 aliphatic heterocycles. The summed E-state index contributed by atoms with van der Waals surface area (Å²) in [4.78, 5) is 10.4. The van der Waals surface area contributed by atoms with E-state index in [0.29, 0.717) is 0 Å². The molecule has 0 bridgehead atoms. The van der Waals surface area contributed by atoms with Crippen LogP contribution in [0.3, 0.4) is 0 Å². The molecule has 0 unspecified atom stereocenters. The molecule has 48 valence electrons. The highest BCUT2D eigenvalue weighted by atomic mass is 35.5. The summed E-state index contributed by atoms with van der Waals surface area (Å²) >= 11 is 4.86. The summed E-state index contributed by atoms with van der Waals surface area (Å²) in [6, 6.07) is 0. The Morgan fingerprint density at radius 1 is 1.75 bits per heavy atom. The lowest BCUT2D eigenvalue weighted by Gasteiger charge is -2.05. The van der Waals surface area contributed by atoms with Crippen molar-refractivity contribution < 1.29 is 10.0 Å². The van der Waals surface area contributed by atoms with Gasteiger partial charge in [0.2, 0.25) is 0 Å². The molecule has 0 aromatic carbocycles. The van der Waals surface area contributed by atoms with E-state index < -0.39 is 5.91 Å². The molecule has 0 heterocycles. The van der Waals surface area contributed by atoms with E-state index in [1.165, 1.54) is 0 Å². The van der Waals surface area contributed by atoms with Gasteiger partial charge >= 0.3 is 0 Å². The van der Waals surface area contributed by atoms with Gasteiger partial charge in [0.05, 0.1) is 0 Å². The van der Waals surface area contributed by atoms with Crippen LogP contribution in [0.4, 0.5) is 0 Å². The van der Waals surface area contributed by atoms with Gasteiger partial charge in [0, 0.05) is 17.7 Å². The second kappa shape index (κ2) is 2.89. The summed E-state index contributed by atoms with van der Waals surface area (Å²) in [6.45, 7) is 3.29. The van der Waals surface area contributed by atoms with Gasteiger partial charge < -0.3 is 0 Å². The lowest BCUT2D eigenvalue weighted by Crippen LogP contribution is -2.22. The van der Waals surface area contributed by atoms with Gasteiger partial charge in [-0.3, -0.25) is 10.0 Å². The number of carbonyl (C=O) groups excluding carboxylic acids is 1. The van der Waals surface area contributed by atoms with Crippen LogP contribution in [0.2, 0.25) is 0 Å². The third-order valence-electron chi connectivity index (χ3n) is 0.676. The van der Waals surface area contributed by atoms with Crippen LogP contribution < -0.4 is 0 Å². The fraction of sp³-hybridized carbons (Fsp3) is 0.750. The zero-order valence-corrected chi connectivity index (χ0v) is 5.51. The predicted molar refractivity (Wildman–Crippen MR) is 29.3 cm³/mol. The van der Waals surface area contributed by atoms with Crippen LogP contribution in [0.1, 0.15) is 13.8 Å². The van der Waals surface area contributed by atoms with Crippen LogP contribution in [0.15, 0.2) is 0 Å². The molecule has 0 saturated heterocycles. The molecule has 0 aromatic rings. The second-order valence-electron chi connectivity index (χ2n) is 1.75. The van der Waals surface area contributed by atoms with Crippen LogP contribution in [-0.2, 0) is 4.79 Å². The Morgan fingerprint density at radius 3 is 2.12 bits per heavy atom. The minimum atomic E-state index is -0.494. The number of hydrogen-bond donors (Lipinski definition) is 1. The van der Waals surface area contributed by atoms with Crippen molar-refractivity contribution in [3.63, 3.8) is 0 Å². The van der Waals surface area contributed by atoms with Gasteiger partial charge in [-0.05, 0) is 0 Å². The molecule has 0 fully saturated rings. The topological polar surface area (TPSA) is 40.5 Å². The first-order valence-corrected chi connectivity index (χ1v) is 2.58. The van der Waals surface area contributed by atoms with Crippen molar-refractivity contribution in [2.45, 2.75) is 13.8 Å². The zero-order valence-electron chi connectivity index (χ0n) is 4.76. The highest BCUT2D eigenvalue weighted by Gasteiger charge is 2.11. The molecule has 0 rings (SSSR count). The van der Waals surface area contributed by atoms with Crippen LogP contribution in [0, 0.1) is 5.92 Å². The van der Waals surface area contributed by atoms with Gasteiger partial charge in [0.1, 0.15) is 0 Å². The Bertz CT molecular complexity index is 82.0. The van der Waals surface area contributed by atoms with Crippen molar-refractivity contribution in [1.29, 1.82) is 0 Å². The molecule has 0 saturated carbocycles. The summed E-state index contributed by atoms with van der Waals surface area (Å²) in [6.07, 6.45) is 0. The monoisotopic (exact) mass is 137 g/mol. The number of hydroxylamine groups is 1. The number of hydrogen-bond acceptors (Lipinski definition) is 2. The molecule has 8 heavy (non-hydrogen) atoms. The Hall–Kier alpha value is -0.280. The Morgan fingerprint density at radius 2 is 2.12 bits per heavy atom. The fourth-order valence-electron chi connectivity index (χ4n) is 0.213. The Labute approximate surface area is 52.9 Å². The highest BCUT2D eigenvalue weighted by Crippen LogP contribution is 1.99. The van der Waals surface area contributed by atoms with E-state index in [4.69, 9.17) is 17.0 Å². The first kappa shape index (κ1) is 7.72. The van der Waals surface area contributed by atoms with Gasteiger partial charge in [-0.2, -0.15) is 0 Å². The Kier molecular flexibility index (Phi) is 2.79. The number of nitrogens with zero attached hydrogens (tertiary/aromatic N) is 1. The van der Waals surface area contributed by atoms with Gasteiger partial charge in [-0.25, -0.2) is 0 Å². The highest BCUT2D eigenvalue weighted by molar-refractivity contribution is 6.20. The largest absolute Gasteiger partial charge is 0.271 e. The lowest BCUT2D eigenvalue weighted by molar-refractivity contribution is -0.149. The van der Waals surface area contributed by atoms with E-state index >= 15 is 0 Å². The van der Waals surface area contributed by atoms with Crippen LogP contribution in [0.25, 0.3) is 0 Å². The first-order valence-electron chi connectivity index (χ1n) is 2.24. The molecule has 1 N–H and O–H groups in total. The van der Waals surface area contributed by atoms with E-state index in [9.17, 15) is 4.79 Å². The third kappa shape index (κ3) is 2.14. The zero-order chi connectivity index (χ0) is 6.73. The van der Waals surface area contributed by atoms with Crippen molar-refractivity contribution >= 4 is 17.7 Å². The average molecular weight is 138 g/mol. The van der Waals surface area contributed by atoms with E-state index in [2.05, 4.69) is 0 Å². The molecule has 3 nitrogen and oxygen atoms in total. The van der Waals surface area contributed by atoms with Crippen molar-refractivity contribution in [3.05, 3.63) is 0 Å². The molecule has 0 spiro atoms. The summed E-state index contributed by atoms with van der Waals surface area (Å²) in [7, 11) is 0. The summed E-state index contributed by atoms with van der Waals surface area (Å²) in [5.74, 6) is -0.746. The lowest BCUT2D eigenvalue weighted by atomic mass is 10.2. The van der Waals surface area contributed by atoms with E-state index in [1.807, 2.05) is 0 Å². The number of carbonyl (C=O) groups is 1. The number of halogens is 1. The molecule has 0 radical (unpaired) electrons. The second-order valence-corrected chi connectivity index (χ2v) is 2.07. The maximum Gasteiger partial charge on any atom is 0.264 e. The van der Waals surface area contributed by atoms with Crippen molar-refractivity contribution in [3.8, 4) is 0 Å². The van der Waals surface area contributed by atoms with E-state index in [-0.39, 0.29) is 10.5 Å². The molecular weight excluding hydrogens is 130 g/mol. The van der Waals surface area contributed by atoms with E-state index in [1.54, 1.807) is 13.8 Å². The maximum atomic E-state index is 10.4. The third-order valence-corrected chi connectivity index (χ3v) is 0.842. The minimum absolute atomic E-state index is 0.0741. The average Bonchev–Trinajstić information content (AvgIpc) is 1.64. The molecule has 0 aromatic heterocycles. The van der Waals surface area contributed by atoms with Crippen LogP contribution in [-0.4, -0.2) is 15.7 Å². The van der Waals surface area contributed by atoms with E-state index in [0.717, 1.165) is 0 Å². The van der Waals surface area contributed by atoms with Gasteiger partial charge in [-0.15, -0.1) is 4.58 Å². The standard InChI is InChI=1S/C4H8ClNO2/c1-3(2)4(7)6(5)8/h3,8H,1-2H3.